The molecule has 0 spiro atoms. The Balaban J connectivity index is 1.15. The average molecular weight is 751 g/mol. The van der Waals surface area contributed by atoms with Crippen LogP contribution in [0, 0.1) is 6.92 Å². The number of ether oxygens (including phenoxy) is 1. The Morgan fingerprint density at radius 1 is 1.09 bits per heavy atom. The third kappa shape index (κ3) is 5.09. The first-order chi connectivity index (χ1) is 25.7. The fourth-order valence-electron chi connectivity index (χ4n) is 9.00. The number of thiophene rings is 1. The van der Waals surface area contributed by atoms with E-state index in [2.05, 4.69) is 26.6 Å². The molecule has 0 bridgehead atoms. The lowest BCUT2D eigenvalue weighted by Gasteiger charge is -2.22. The number of methoxy groups -OCH3 is 1. The zero-order valence-electron chi connectivity index (χ0n) is 28.9. The van der Waals surface area contributed by atoms with Crippen LogP contribution in [0.25, 0.3) is 32.0 Å². The first-order valence-corrected chi connectivity index (χ1v) is 19.0. The van der Waals surface area contributed by atoms with Gasteiger partial charge in [0.25, 0.3) is 11.8 Å². The molecule has 10 rings (SSSR count). The molecule has 6 aromatic rings. The molecule has 1 saturated heterocycles. The summed E-state index contributed by atoms with van der Waals surface area (Å²) in [6.45, 7) is 2.40. The zero-order chi connectivity index (χ0) is 36.2. The summed E-state index contributed by atoms with van der Waals surface area (Å²) >= 11 is 7.78. The second-order valence-electron chi connectivity index (χ2n) is 14.4. The molecular weight excluding hydrogens is 718 g/mol. The second-order valence-corrected chi connectivity index (χ2v) is 15.9. The van der Waals surface area contributed by atoms with Crippen LogP contribution in [-0.4, -0.2) is 50.5 Å². The van der Waals surface area contributed by atoms with Gasteiger partial charge in [0.05, 0.1) is 40.4 Å². The van der Waals surface area contributed by atoms with Gasteiger partial charge in [-0.05, 0) is 90.4 Å². The van der Waals surface area contributed by atoms with Crippen molar-refractivity contribution in [2.24, 2.45) is 0 Å². The molecule has 2 aliphatic carbocycles. The van der Waals surface area contributed by atoms with Crippen molar-refractivity contribution in [3.05, 3.63) is 105 Å². The molecule has 1 fully saturated rings. The third-order valence-corrected chi connectivity index (χ3v) is 12.7. The Kier molecular flexibility index (Phi) is 7.43. The van der Waals surface area contributed by atoms with Crippen molar-refractivity contribution in [3.63, 3.8) is 0 Å². The number of rotatable bonds is 7. The van der Waals surface area contributed by atoms with E-state index in [9.17, 15) is 4.79 Å². The number of aryl methyl sites for hydroxylation is 2. The van der Waals surface area contributed by atoms with Gasteiger partial charge in [-0.2, -0.15) is 0 Å². The molecule has 1 N–H and O–H groups in total. The van der Waals surface area contributed by atoms with Crippen LogP contribution >= 0.6 is 22.9 Å². The standard InChI is InChI=1S/C40H33ClF2N6O3S/c1-19-47-48-38(52-19)31-27(16-21-9-8-20-15-23(41)10-11-24(20)21)45-34-28-6-4-14-49(28)39(50)33(34)32(31)30-17-22-12-13-44-37(35(22)53-30)46-36-25-5-3-7-29(51-2)26(25)18-40(36,42)43/h3,5,7,10-13,15,17,21,28,36H,4,6,8-9,14,16,18H2,1-2H3,(H,44,46)/t21-,28?,36-/m0/s1. The van der Waals surface area contributed by atoms with Crippen molar-refractivity contribution in [2.45, 2.75) is 69.4 Å². The van der Waals surface area contributed by atoms with E-state index < -0.39 is 18.4 Å². The Labute approximate surface area is 312 Å². The van der Waals surface area contributed by atoms with Crippen LogP contribution in [-0.2, 0) is 19.3 Å². The molecule has 0 radical (unpaired) electrons. The molecular formula is C40H33ClF2N6O3S. The molecule has 268 valence electrons. The predicted molar refractivity (Wildman–Crippen MR) is 198 cm³/mol. The van der Waals surface area contributed by atoms with Crippen LogP contribution in [0.2, 0.25) is 5.02 Å². The molecule has 2 aliphatic heterocycles. The van der Waals surface area contributed by atoms with Gasteiger partial charge in [0, 0.05) is 47.1 Å². The summed E-state index contributed by atoms with van der Waals surface area (Å²) in [4.78, 5) is 27.0. The lowest BCUT2D eigenvalue weighted by Crippen LogP contribution is -2.28. The molecule has 4 aliphatic rings. The van der Waals surface area contributed by atoms with Crippen molar-refractivity contribution in [1.82, 2.24) is 25.1 Å². The summed E-state index contributed by atoms with van der Waals surface area (Å²) in [5.74, 6) is -1.50. The SMILES string of the molecule is COc1cccc2c1CC(F)(F)[C@H]2Nc1nccc2cc(-c3c4c(nc(C[C@@H]5CCc6cc(Cl)ccc65)c3-c3nnc(C)o3)C3CCCN3C4=O)sc12. The van der Waals surface area contributed by atoms with E-state index in [0.717, 1.165) is 52.4 Å². The number of nitrogens with one attached hydrogen (secondary N) is 1. The number of hydrogen-bond acceptors (Lipinski definition) is 9. The highest BCUT2D eigenvalue weighted by atomic mass is 35.5. The first kappa shape index (κ1) is 32.7. The first-order valence-electron chi connectivity index (χ1n) is 17.8. The van der Waals surface area contributed by atoms with E-state index in [-0.39, 0.29) is 17.9 Å². The van der Waals surface area contributed by atoms with Crippen LogP contribution < -0.4 is 10.1 Å². The van der Waals surface area contributed by atoms with Crippen molar-refractivity contribution >= 4 is 44.7 Å². The number of halogens is 3. The number of nitrogens with zero attached hydrogens (tertiary/aromatic N) is 5. The van der Waals surface area contributed by atoms with Gasteiger partial charge in [-0.25, -0.2) is 13.8 Å². The van der Waals surface area contributed by atoms with E-state index in [1.807, 2.05) is 29.2 Å². The maximum atomic E-state index is 15.7. The molecule has 1 amide bonds. The number of anilines is 1. The van der Waals surface area contributed by atoms with Gasteiger partial charge in [-0.1, -0.05) is 29.8 Å². The topological polar surface area (TPSA) is 106 Å². The summed E-state index contributed by atoms with van der Waals surface area (Å²) in [7, 11) is 1.49. The van der Waals surface area contributed by atoms with Crippen molar-refractivity contribution in [1.29, 1.82) is 0 Å². The molecule has 0 saturated carbocycles. The number of amides is 1. The number of fused-ring (bicyclic) bond motifs is 6. The minimum atomic E-state index is -3.08. The summed E-state index contributed by atoms with van der Waals surface area (Å²) in [6, 6.07) is 13.7. The van der Waals surface area contributed by atoms with E-state index >= 15 is 8.78 Å². The minimum Gasteiger partial charge on any atom is -0.496 e. The number of carbonyl (C=O) groups excluding carboxylic acids is 1. The van der Waals surface area contributed by atoms with E-state index in [0.29, 0.717) is 68.8 Å². The molecule has 2 aromatic carbocycles. The normalized spacial score (nSPS) is 20.9. The van der Waals surface area contributed by atoms with Crippen LogP contribution in [0.4, 0.5) is 14.6 Å². The maximum Gasteiger partial charge on any atom is 0.276 e. The maximum absolute atomic E-state index is 15.7. The van der Waals surface area contributed by atoms with Crippen LogP contribution in [0.15, 0.2) is 59.1 Å². The van der Waals surface area contributed by atoms with Crippen LogP contribution in [0.5, 0.6) is 5.75 Å². The molecule has 13 heteroatoms. The molecule has 4 aromatic heterocycles. The number of hydrogen-bond donors (Lipinski definition) is 1. The number of benzene rings is 2. The molecule has 1 unspecified atom stereocenters. The monoisotopic (exact) mass is 750 g/mol. The van der Waals surface area contributed by atoms with E-state index in [4.69, 9.17) is 25.7 Å². The Bertz CT molecular complexity index is 2500. The highest BCUT2D eigenvalue weighted by Crippen LogP contribution is 2.53. The van der Waals surface area contributed by atoms with Crippen LogP contribution in [0.1, 0.15) is 87.2 Å². The van der Waals surface area contributed by atoms with Gasteiger partial charge in [0.1, 0.15) is 17.6 Å². The van der Waals surface area contributed by atoms with Gasteiger partial charge in [-0.15, -0.1) is 21.5 Å². The zero-order valence-corrected chi connectivity index (χ0v) is 30.5. The van der Waals surface area contributed by atoms with Gasteiger partial charge >= 0.3 is 0 Å². The van der Waals surface area contributed by atoms with Gasteiger partial charge in [-0.3, -0.25) is 9.78 Å². The van der Waals surface area contributed by atoms with Crippen molar-refractivity contribution in [2.75, 3.05) is 19.0 Å². The number of alkyl halides is 2. The number of pyridine rings is 2. The molecule has 53 heavy (non-hydrogen) atoms. The fourth-order valence-corrected chi connectivity index (χ4v) is 10.4. The lowest BCUT2D eigenvalue weighted by atomic mass is 9.89. The summed E-state index contributed by atoms with van der Waals surface area (Å²) in [6.07, 6.45) is 5.38. The van der Waals surface area contributed by atoms with Gasteiger partial charge in [0.2, 0.25) is 11.8 Å². The predicted octanol–water partition coefficient (Wildman–Crippen LogP) is 9.29. The second kappa shape index (κ2) is 12.0. The molecule has 6 heterocycles. The molecule has 3 atom stereocenters. The highest BCUT2D eigenvalue weighted by Gasteiger charge is 2.49. The largest absolute Gasteiger partial charge is 0.496 e. The summed E-state index contributed by atoms with van der Waals surface area (Å²) in [5.41, 5.74) is 6.90. The Hall–Kier alpha value is -4.94. The Morgan fingerprint density at radius 2 is 1.98 bits per heavy atom. The van der Waals surface area contributed by atoms with Crippen molar-refractivity contribution < 1.29 is 22.7 Å². The smallest absolute Gasteiger partial charge is 0.276 e. The fraction of sp³-hybridized carbons (Fsp3) is 0.325. The minimum absolute atomic E-state index is 0.0695. The van der Waals surface area contributed by atoms with Crippen LogP contribution in [0.3, 0.4) is 0 Å². The number of aromatic nitrogens is 4. The number of carbonyl (C=O) groups is 1. The summed E-state index contributed by atoms with van der Waals surface area (Å²) in [5, 5.41) is 13.3. The third-order valence-electron chi connectivity index (χ3n) is 11.3. The highest BCUT2D eigenvalue weighted by molar-refractivity contribution is 7.23. The Morgan fingerprint density at radius 3 is 2.81 bits per heavy atom. The van der Waals surface area contributed by atoms with Gasteiger partial charge in [0.15, 0.2) is 0 Å². The van der Waals surface area contributed by atoms with Crippen molar-refractivity contribution in [3.8, 4) is 27.6 Å². The van der Waals surface area contributed by atoms with Gasteiger partial charge < -0.3 is 19.4 Å². The van der Waals surface area contributed by atoms with E-state index in [1.165, 1.54) is 29.6 Å². The lowest BCUT2D eigenvalue weighted by molar-refractivity contribution is -0.00734. The summed E-state index contributed by atoms with van der Waals surface area (Å²) < 4.78 is 43.7. The van der Waals surface area contributed by atoms with E-state index in [1.54, 1.807) is 31.3 Å². The quantitative estimate of drug-likeness (QED) is 0.172. The molecule has 9 nitrogen and oxygen atoms in total. The average Bonchev–Trinajstić information content (AvgIpc) is 3.99.